The van der Waals surface area contributed by atoms with Crippen molar-refractivity contribution in [3.63, 3.8) is 0 Å². The Morgan fingerprint density at radius 3 is 2.29 bits per heavy atom. The van der Waals surface area contributed by atoms with E-state index in [0.717, 1.165) is 5.56 Å². The minimum Gasteiger partial charge on any atom is -0.480 e. The van der Waals surface area contributed by atoms with Crippen LogP contribution in [0.5, 0.6) is 5.75 Å². The van der Waals surface area contributed by atoms with Gasteiger partial charge in [-0.2, -0.15) is 0 Å². The third kappa shape index (κ3) is 4.28. The highest BCUT2D eigenvalue weighted by Crippen LogP contribution is 2.35. The van der Waals surface area contributed by atoms with Crippen molar-refractivity contribution >= 4 is 35.0 Å². The number of rotatable bonds is 6. The molecule has 0 saturated carbocycles. The lowest BCUT2D eigenvalue weighted by atomic mass is 10.0. The smallest absolute Gasteiger partial charge is 0.344 e. The molecule has 2 aromatic rings. The summed E-state index contributed by atoms with van der Waals surface area (Å²) in [6, 6.07) is 10.2. The van der Waals surface area contributed by atoms with E-state index in [-0.39, 0.29) is 40.4 Å². The average Bonchev–Trinajstić information content (AvgIpc) is 2.56. The van der Waals surface area contributed by atoms with Gasteiger partial charge in [0, 0.05) is 11.1 Å². The van der Waals surface area contributed by atoms with Gasteiger partial charge >= 0.3 is 5.97 Å². The molecule has 2 rings (SSSR count). The van der Waals surface area contributed by atoms with Gasteiger partial charge in [-0.25, -0.2) is 4.79 Å². The van der Waals surface area contributed by atoms with Crippen LogP contribution in [0.2, 0.25) is 10.0 Å². The molecule has 0 aliphatic rings. The second-order valence-electron chi connectivity index (χ2n) is 5.03. The first-order valence-electron chi connectivity index (χ1n) is 7.31. The Labute approximate surface area is 150 Å². The van der Waals surface area contributed by atoms with E-state index in [1.165, 1.54) is 12.1 Å². The molecular weight excluding hydrogens is 351 g/mol. The second kappa shape index (κ2) is 8.18. The third-order valence-corrected chi connectivity index (χ3v) is 4.12. The molecule has 0 N–H and O–H groups in total. The Morgan fingerprint density at radius 1 is 1.00 bits per heavy atom. The number of halogens is 2. The molecule has 0 unspecified atom stereocenters. The summed E-state index contributed by atoms with van der Waals surface area (Å²) < 4.78 is 10.1. The van der Waals surface area contributed by atoms with Crippen LogP contribution >= 0.6 is 23.2 Å². The van der Waals surface area contributed by atoms with Crippen molar-refractivity contribution in [2.45, 2.75) is 13.8 Å². The van der Waals surface area contributed by atoms with Crippen LogP contribution in [0, 0.1) is 6.92 Å². The van der Waals surface area contributed by atoms with Gasteiger partial charge in [0.15, 0.2) is 12.4 Å². The number of benzene rings is 2. The Kier molecular flexibility index (Phi) is 6.23. The van der Waals surface area contributed by atoms with Gasteiger partial charge in [-0.05, 0) is 26.0 Å². The number of ketones is 1. The third-order valence-electron chi connectivity index (χ3n) is 3.26. The van der Waals surface area contributed by atoms with E-state index >= 15 is 0 Å². The molecule has 0 aliphatic heterocycles. The van der Waals surface area contributed by atoms with Crippen molar-refractivity contribution in [1.29, 1.82) is 0 Å². The fourth-order valence-corrected chi connectivity index (χ4v) is 2.48. The molecule has 0 aromatic heterocycles. The molecule has 126 valence electrons. The summed E-state index contributed by atoms with van der Waals surface area (Å²) in [5.41, 5.74) is 1.84. The van der Waals surface area contributed by atoms with E-state index in [9.17, 15) is 9.59 Å². The summed E-state index contributed by atoms with van der Waals surface area (Å²) in [5.74, 6) is -0.529. The monoisotopic (exact) mass is 366 g/mol. The standard InChI is InChI=1S/C18H16Cl2O4/c1-3-23-15(21)10-24-14-9-8-13(16(19)17(14)20)18(22)12-6-4-11(2)5-7-12/h4-9H,3,10H2,1-2H3. The zero-order valence-electron chi connectivity index (χ0n) is 13.3. The number of esters is 1. The van der Waals surface area contributed by atoms with Crippen molar-refractivity contribution in [1.82, 2.24) is 0 Å². The number of carbonyl (C=O) groups excluding carboxylic acids is 2. The minimum absolute atomic E-state index is 0.0823. The minimum atomic E-state index is -0.510. The van der Waals surface area contributed by atoms with Crippen LogP contribution in [-0.4, -0.2) is 25.0 Å². The Hall–Kier alpha value is -2.04. The average molecular weight is 367 g/mol. The summed E-state index contributed by atoms with van der Waals surface area (Å²) >= 11 is 12.4. The summed E-state index contributed by atoms with van der Waals surface area (Å²) in [7, 11) is 0. The largest absolute Gasteiger partial charge is 0.480 e. The molecule has 0 bridgehead atoms. The van der Waals surface area contributed by atoms with Gasteiger partial charge in [0.05, 0.1) is 11.6 Å². The Morgan fingerprint density at radius 2 is 1.67 bits per heavy atom. The van der Waals surface area contributed by atoms with E-state index in [1.807, 2.05) is 19.1 Å². The van der Waals surface area contributed by atoms with Crippen molar-refractivity contribution < 1.29 is 19.1 Å². The van der Waals surface area contributed by atoms with Crippen molar-refractivity contribution in [3.8, 4) is 5.75 Å². The highest BCUT2D eigenvalue weighted by Gasteiger charge is 2.18. The van der Waals surface area contributed by atoms with Crippen LogP contribution in [0.3, 0.4) is 0 Å². The zero-order chi connectivity index (χ0) is 17.7. The van der Waals surface area contributed by atoms with E-state index in [2.05, 4.69) is 0 Å². The van der Waals surface area contributed by atoms with Gasteiger partial charge in [0.25, 0.3) is 0 Å². The van der Waals surface area contributed by atoms with Gasteiger partial charge in [-0.3, -0.25) is 4.79 Å². The van der Waals surface area contributed by atoms with Crippen LogP contribution in [0.15, 0.2) is 36.4 Å². The lowest BCUT2D eigenvalue weighted by molar-refractivity contribution is -0.145. The van der Waals surface area contributed by atoms with Crippen molar-refractivity contribution in [2.24, 2.45) is 0 Å². The molecular formula is C18H16Cl2O4. The van der Waals surface area contributed by atoms with Gasteiger partial charge in [-0.1, -0.05) is 53.0 Å². The molecule has 6 heteroatoms. The normalized spacial score (nSPS) is 10.3. The van der Waals surface area contributed by atoms with Gasteiger partial charge < -0.3 is 9.47 Å². The van der Waals surface area contributed by atoms with Crippen LogP contribution in [0.1, 0.15) is 28.4 Å². The summed E-state index contributed by atoms with van der Waals surface area (Å²) in [5, 5.41) is 0.169. The number of aryl methyl sites for hydroxylation is 1. The lowest BCUT2D eigenvalue weighted by Gasteiger charge is -2.11. The number of ether oxygens (including phenoxy) is 2. The molecule has 0 radical (unpaired) electrons. The zero-order valence-corrected chi connectivity index (χ0v) is 14.8. The SMILES string of the molecule is CCOC(=O)COc1ccc(C(=O)c2ccc(C)cc2)c(Cl)c1Cl. The van der Waals surface area contributed by atoms with Crippen LogP contribution < -0.4 is 4.74 Å². The van der Waals surface area contributed by atoms with E-state index in [4.69, 9.17) is 32.7 Å². The van der Waals surface area contributed by atoms with Gasteiger partial charge in [0.1, 0.15) is 10.8 Å². The molecule has 4 nitrogen and oxygen atoms in total. The fourth-order valence-electron chi connectivity index (χ4n) is 2.02. The summed E-state index contributed by atoms with van der Waals surface area (Å²) in [6.45, 7) is 3.62. The Balaban J connectivity index is 2.21. The molecule has 0 heterocycles. The first-order chi connectivity index (χ1) is 11.4. The van der Waals surface area contributed by atoms with E-state index < -0.39 is 5.97 Å². The maximum absolute atomic E-state index is 12.5. The quantitative estimate of drug-likeness (QED) is 0.558. The molecule has 2 aromatic carbocycles. The Bertz CT molecular complexity index is 754. The molecule has 24 heavy (non-hydrogen) atoms. The molecule has 0 spiro atoms. The number of hydrogen-bond acceptors (Lipinski definition) is 4. The van der Waals surface area contributed by atoms with Crippen molar-refractivity contribution in [2.75, 3.05) is 13.2 Å². The maximum atomic E-state index is 12.5. The molecule has 0 amide bonds. The maximum Gasteiger partial charge on any atom is 0.344 e. The van der Waals surface area contributed by atoms with E-state index in [1.54, 1.807) is 19.1 Å². The van der Waals surface area contributed by atoms with Crippen molar-refractivity contribution in [3.05, 3.63) is 63.1 Å². The van der Waals surface area contributed by atoms with Crippen LogP contribution in [-0.2, 0) is 9.53 Å². The first kappa shape index (κ1) is 18.3. The molecule has 0 aliphatic carbocycles. The second-order valence-corrected chi connectivity index (χ2v) is 5.78. The lowest BCUT2D eigenvalue weighted by Crippen LogP contribution is -2.15. The summed E-state index contributed by atoms with van der Waals surface area (Å²) in [6.07, 6.45) is 0. The van der Waals surface area contributed by atoms with Gasteiger partial charge in [-0.15, -0.1) is 0 Å². The highest BCUT2D eigenvalue weighted by molar-refractivity contribution is 6.45. The number of carbonyl (C=O) groups is 2. The summed E-state index contributed by atoms with van der Waals surface area (Å²) in [4.78, 5) is 23.9. The molecule has 0 atom stereocenters. The van der Waals surface area contributed by atoms with Crippen LogP contribution in [0.25, 0.3) is 0 Å². The fraction of sp³-hybridized carbons (Fsp3) is 0.222. The first-order valence-corrected chi connectivity index (χ1v) is 8.07. The molecule has 0 saturated heterocycles. The van der Waals surface area contributed by atoms with Gasteiger partial charge in [0.2, 0.25) is 0 Å². The molecule has 0 fully saturated rings. The van der Waals surface area contributed by atoms with E-state index in [0.29, 0.717) is 5.56 Å². The highest BCUT2D eigenvalue weighted by atomic mass is 35.5. The predicted molar refractivity (Wildman–Crippen MR) is 93.2 cm³/mol. The predicted octanol–water partition coefficient (Wildman–Crippen LogP) is 4.47. The topological polar surface area (TPSA) is 52.6 Å². The van der Waals surface area contributed by atoms with Crippen LogP contribution in [0.4, 0.5) is 0 Å². The number of hydrogen-bond donors (Lipinski definition) is 0.